The molecule has 1 heterocycles. The zero-order chi connectivity index (χ0) is 26.6. The third-order valence-electron chi connectivity index (χ3n) is 8.11. The lowest BCUT2D eigenvalue weighted by Crippen LogP contribution is -2.48. The van der Waals surface area contributed by atoms with Gasteiger partial charge in [0.1, 0.15) is 0 Å². The van der Waals surface area contributed by atoms with E-state index in [0.29, 0.717) is 29.9 Å². The molecule has 7 nitrogen and oxygen atoms in total. The van der Waals surface area contributed by atoms with E-state index >= 15 is 0 Å². The fourth-order valence-electron chi connectivity index (χ4n) is 5.65. The predicted molar refractivity (Wildman–Crippen MR) is 150 cm³/mol. The highest BCUT2D eigenvalue weighted by molar-refractivity contribution is 5.76. The van der Waals surface area contributed by atoms with Crippen molar-refractivity contribution in [3.63, 3.8) is 0 Å². The van der Waals surface area contributed by atoms with Gasteiger partial charge in [-0.2, -0.15) is 0 Å². The SMILES string of the molecule is Cc1cc(NC2CCC(CCC(=O)N3CCN(c4ccc(C(C)(C)C)cc4)CC3)CC2)ccc1[N+](=O)[O-]. The van der Waals surface area contributed by atoms with E-state index in [-0.39, 0.29) is 16.0 Å². The summed E-state index contributed by atoms with van der Waals surface area (Å²) < 4.78 is 0. The summed E-state index contributed by atoms with van der Waals surface area (Å²) in [6, 6.07) is 14.5. The lowest BCUT2D eigenvalue weighted by atomic mass is 9.83. The monoisotopic (exact) mass is 506 g/mol. The van der Waals surface area contributed by atoms with Gasteiger partial charge in [0.2, 0.25) is 5.91 Å². The first-order valence-electron chi connectivity index (χ1n) is 13.7. The minimum Gasteiger partial charge on any atom is -0.382 e. The molecule has 1 amide bonds. The fraction of sp³-hybridized carbons (Fsp3) is 0.567. The second-order valence-corrected chi connectivity index (χ2v) is 11.8. The number of hydrogen-bond acceptors (Lipinski definition) is 5. The van der Waals surface area contributed by atoms with Crippen LogP contribution in [-0.2, 0) is 10.2 Å². The molecule has 7 heteroatoms. The van der Waals surface area contributed by atoms with Crippen LogP contribution in [0.1, 0.15) is 70.4 Å². The van der Waals surface area contributed by atoms with Crippen molar-refractivity contribution in [1.29, 1.82) is 0 Å². The van der Waals surface area contributed by atoms with Crippen LogP contribution in [-0.4, -0.2) is 48.0 Å². The molecule has 1 saturated heterocycles. The van der Waals surface area contributed by atoms with Gasteiger partial charge in [-0.25, -0.2) is 0 Å². The average Bonchev–Trinajstić information content (AvgIpc) is 2.87. The first-order valence-corrected chi connectivity index (χ1v) is 13.7. The summed E-state index contributed by atoms with van der Waals surface area (Å²) in [5.41, 5.74) is 4.54. The van der Waals surface area contributed by atoms with E-state index in [1.807, 2.05) is 11.0 Å². The van der Waals surface area contributed by atoms with Gasteiger partial charge in [-0.15, -0.1) is 0 Å². The Balaban J connectivity index is 1.16. The summed E-state index contributed by atoms with van der Waals surface area (Å²) in [4.78, 5) is 28.0. The highest BCUT2D eigenvalue weighted by Crippen LogP contribution is 2.31. The van der Waals surface area contributed by atoms with Crippen molar-refractivity contribution in [3.05, 3.63) is 63.7 Å². The number of rotatable bonds is 7. The number of aryl methyl sites for hydroxylation is 1. The minimum absolute atomic E-state index is 0.158. The Morgan fingerprint density at radius 2 is 1.65 bits per heavy atom. The van der Waals surface area contributed by atoms with E-state index in [1.165, 1.54) is 11.3 Å². The highest BCUT2D eigenvalue weighted by atomic mass is 16.6. The first kappa shape index (κ1) is 27.0. The maximum atomic E-state index is 12.9. The van der Waals surface area contributed by atoms with Crippen LogP contribution >= 0.6 is 0 Å². The molecule has 2 aromatic rings. The van der Waals surface area contributed by atoms with E-state index in [9.17, 15) is 14.9 Å². The number of nitrogens with zero attached hydrogens (tertiary/aromatic N) is 3. The molecule has 1 aliphatic carbocycles. The van der Waals surface area contributed by atoms with E-state index in [4.69, 9.17) is 0 Å². The van der Waals surface area contributed by atoms with Gasteiger partial charge < -0.3 is 15.1 Å². The van der Waals surface area contributed by atoms with Gasteiger partial charge in [-0.3, -0.25) is 14.9 Å². The van der Waals surface area contributed by atoms with Gasteiger partial charge in [0.25, 0.3) is 5.69 Å². The Bertz CT molecular complexity index is 1080. The maximum Gasteiger partial charge on any atom is 0.272 e. The van der Waals surface area contributed by atoms with E-state index in [2.05, 4.69) is 55.3 Å². The van der Waals surface area contributed by atoms with Crippen LogP contribution in [0, 0.1) is 23.0 Å². The fourth-order valence-corrected chi connectivity index (χ4v) is 5.65. The van der Waals surface area contributed by atoms with Crippen molar-refractivity contribution in [2.75, 3.05) is 36.4 Å². The van der Waals surface area contributed by atoms with Crippen LogP contribution in [0.3, 0.4) is 0 Å². The van der Waals surface area contributed by atoms with Crippen LogP contribution in [0.25, 0.3) is 0 Å². The summed E-state index contributed by atoms with van der Waals surface area (Å²) in [5.74, 6) is 0.896. The van der Waals surface area contributed by atoms with Crippen molar-refractivity contribution < 1.29 is 9.72 Å². The quantitative estimate of drug-likeness (QED) is 0.352. The molecule has 0 spiro atoms. The number of carbonyl (C=O) groups is 1. The zero-order valence-electron chi connectivity index (χ0n) is 22.8. The lowest BCUT2D eigenvalue weighted by Gasteiger charge is -2.37. The number of benzene rings is 2. The predicted octanol–water partition coefficient (Wildman–Crippen LogP) is 6.30. The molecule has 0 aromatic heterocycles. The molecule has 2 aromatic carbocycles. The Hall–Kier alpha value is -3.09. The number of amides is 1. The number of hydrogen-bond donors (Lipinski definition) is 1. The molecule has 2 aliphatic rings. The highest BCUT2D eigenvalue weighted by Gasteiger charge is 2.25. The minimum atomic E-state index is -0.336. The van der Waals surface area contributed by atoms with E-state index in [1.54, 1.807) is 19.1 Å². The molecule has 1 aliphatic heterocycles. The van der Waals surface area contributed by atoms with Gasteiger partial charge in [-0.1, -0.05) is 32.9 Å². The van der Waals surface area contributed by atoms with Crippen molar-refractivity contribution in [3.8, 4) is 0 Å². The molecule has 0 atom stereocenters. The number of nitrogens with one attached hydrogen (secondary N) is 1. The maximum absolute atomic E-state index is 12.9. The van der Waals surface area contributed by atoms with Crippen LogP contribution in [0.5, 0.6) is 0 Å². The molecule has 2 fully saturated rings. The van der Waals surface area contributed by atoms with Crippen LogP contribution in [0.15, 0.2) is 42.5 Å². The second-order valence-electron chi connectivity index (χ2n) is 11.8. The van der Waals surface area contributed by atoms with Crippen molar-refractivity contribution in [2.45, 2.75) is 77.7 Å². The number of piperazine rings is 1. The molecule has 37 heavy (non-hydrogen) atoms. The Morgan fingerprint density at radius 3 is 2.22 bits per heavy atom. The van der Waals surface area contributed by atoms with Crippen LogP contribution in [0.2, 0.25) is 0 Å². The van der Waals surface area contributed by atoms with Gasteiger partial charge in [0, 0.05) is 61.6 Å². The molecule has 4 rings (SSSR count). The molecule has 200 valence electrons. The summed E-state index contributed by atoms with van der Waals surface area (Å²) in [5, 5.41) is 14.6. The van der Waals surface area contributed by atoms with Crippen LogP contribution in [0.4, 0.5) is 17.1 Å². The summed E-state index contributed by atoms with van der Waals surface area (Å²) in [6.07, 6.45) is 5.99. The average molecular weight is 507 g/mol. The lowest BCUT2D eigenvalue weighted by molar-refractivity contribution is -0.385. The summed E-state index contributed by atoms with van der Waals surface area (Å²) >= 11 is 0. The molecule has 1 N–H and O–H groups in total. The molecular weight excluding hydrogens is 464 g/mol. The number of carbonyl (C=O) groups excluding carboxylic acids is 1. The molecule has 0 bridgehead atoms. The smallest absolute Gasteiger partial charge is 0.272 e. The molecule has 0 radical (unpaired) electrons. The van der Waals surface area contributed by atoms with Gasteiger partial charge in [-0.05, 0) is 80.2 Å². The van der Waals surface area contributed by atoms with Gasteiger partial charge in [0.05, 0.1) is 4.92 Å². The van der Waals surface area contributed by atoms with Gasteiger partial charge >= 0.3 is 0 Å². The molecule has 0 unspecified atom stereocenters. The Kier molecular flexibility index (Phi) is 8.40. The standard InChI is InChI=1S/C30H42N4O3/c1-22-21-26(12-15-28(22)34(36)37)31-25-10-5-23(6-11-25)7-16-29(35)33-19-17-32(18-20-33)27-13-8-24(9-14-27)30(2,3)4/h8-9,12-15,21,23,25,31H,5-7,10-11,16-20H2,1-4H3. The topological polar surface area (TPSA) is 78.7 Å². The summed E-state index contributed by atoms with van der Waals surface area (Å²) in [6.45, 7) is 11.9. The normalized spacial score (nSPS) is 20.5. The van der Waals surface area contributed by atoms with Crippen molar-refractivity contribution in [2.24, 2.45) is 5.92 Å². The number of anilines is 2. The largest absolute Gasteiger partial charge is 0.382 e. The Labute approximate surface area is 221 Å². The number of nitro groups is 1. The third kappa shape index (κ3) is 7.02. The summed E-state index contributed by atoms with van der Waals surface area (Å²) in [7, 11) is 0. The zero-order valence-corrected chi connectivity index (χ0v) is 22.8. The van der Waals surface area contributed by atoms with Crippen LogP contribution < -0.4 is 10.2 Å². The van der Waals surface area contributed by atoms with Crippen molar-refractivity contribution in [1.82, 2.24) is 4.90 Å². The molecular formula is C30H42N4O3. The number of nitro benzene ring substituents is 1. The van der Waals surface area contributed by atoms with Gasteiger partial charge in [0.15, 0.2) is 0 Å². The van der Waals surface area contributed by atoms with E-state index in [0.717, 1.165) is 64.0 Å². The van der Waals surface area contributed by atoms with Crippen molar-refractivity contribution >= 4 is 23.0 Å². The first-order chi connectivity index (χ1) is 17.6. The third-order valence-corrected chi connectivity index (χ3v) is 8.11. The molecule has 1 saturated carbocycles. The Morgan fingerprint density at radius 1 is 1.00 bits per heavy atom. The van der Waals surface area contributed by atoms with E-state index < -0.39 is 0 Å². The second kappa shape index (κ2) is 11.5.